The third kappa shape index (κ3) is 3.78. The van der Waals surface area contributed by atoms with Crippen molar-refractivity contribution < 1.29 is 23.9 Å². The number of imide groups is 2. The molecule has 0 saturated carbocycles. The van der Waals surface area contributed by atoms with Crippen LogP contribution in [-0.2, 0) is 32.1 Å². The van der Waals surface area contributed by atoms with Gasteiger partial charge in [-0.25, -0.2) is 9.69 Å². The van der Waals surface area contributed by atoms with Gasteiger partial charge in [0.2, 0.25) is 0 Å². The number of anilines is 1. The van der Waals surface area contributed by atoms with Crippen molar-refractivity contribution in [1.82, 2.24) is 9.88 Å². The molecule has 2 aromatic carbocycles. The van der Waals surface area contributed by atoms with Crippen LogP contribution in [0.4, 0.5) is 10.5 Å². The van der Waals surface area contributed by atoms with E-state index in [1.165, 1.54) is 13.2 Å². The van der Waals surface area contributed by atoms with Crippen LogP contribution in [0.1, 0.15) is 18.1 Å². The zero-order valence-corrected chi connectivity index (χ0v) is 17.6. The number of nitrogens with one attached hydrogen (secondary N) is 1. The number of aromatic nitrogens is 1. The van der Waals surface area contributed by atoms with E-state index >= 15 is 0 Å². The molecule has 162 valence electrons. The SMILES string of the molecule is CCc1ccc(N2C(=O)NC(=O)/C(=C/c3cn(CC(=O)OC)c4ccccc34)C2=O)cc1. The Bertz CT molecular complexity index is 1270. The maximum atomic E-state index is 13.2. The summed E-state index contributed by atoms with van der Waals surface area (Å²) in [5.74, 6) is -1.91. The second-order valence-electron chi connectivity index (χ2n) is 7.28. The van der Waals surface area contributed by atoms with Crippen molar-refractivity contribution in [1.29, 1.82) is 0 Å². The van der Waals surface area contributed by atoms with Crippen molar-refractivity contribution in [3.63, 3.8) is 0 Å². The lowest BCUT2D eigenvalue weighted by atomic mass is 10.1. The van der Waals surface area contributed by atoms with Crippen molar-refractivity contribution >= 4 is 46.5 Å². The minimum absolute atomic E-state index is 0.0191. The number of esters is 1. The molecule has 0 unspecified atom stereocenters. The Hall–Kier alpha value is -4.20. The number of ether oxygens (including phenoxy) is 1. The minimum Gasteiger partial charge on any atom is -0.468 e. The lowest BCUT2D eigenvalue weighted by Gasteiger charge is -2.26. The van der Waals surface area contributed by atoms with Crippen molar-refractivity contribution in [2.24, 2.45) is 0 Å². The monoisotopic (exact) mass is 431 g/mol. The number of para-hydroxylation sites is 1. The fourth-order valence-corrected chi connectivity index (χ4v) is 3.65. The van der Waals surface area contributed by atoms with Gasteiger partial charge in [-0.1, -0.05) is 37.3 Å². The summed E-state index contributed by atoms with van der Waals surface area (Å²) in [7, 11) is 1.31. The molecule has 1 fully saturated rings. The highest BCUT2D eigenvalue weighted by atomic mass is 16.5. The number of fused-ring (bicyclic) bond motifs is 1. The molecule has 8 nitrogen and oxygen atoms in total. The molecule has 0 aliphatic carbocycles. The van der Waals surface area contributed by atoms with Gasteiger partial charge in [-0.05, 0) is 36.3 Å². The van der Waals surface area contributed by atoms with Gasteiger partial charge in [-0.3, -0.25) is 19.7 Å². The Balaban J connectivity index is 1.76. The summed E-state index contributed by atoms with van der Waals surface area (Å²) in [5, 5.41) is 2.98. The molecular formula is C24H21N3O5. The largest absolute Gasteiger partial charge is 0.468 e. The Morgan fingerprint density at radius 1 is 1.06 bits per heavy atom. The van der Waals surface area contributed by atoms with E-state index < -0.39 is 23.8 Å². The number of nitrogens with zero attached hydrogens (tertiary/aromatic N) is 2. The van der Waals surface area contributed by atoms with Gasteiger partial charge in [0.05, 0.1) is 12.8 Å². The molecule has 4 amide bonds. The summed E-state index contributed by atoms with van der Waals surface area (Å²) in [6, 6.07) is 13.5. The number of methoxy groups -OCH3 is 1. The quantitative estimate of drug-likeness (QED) is 0.380. The van der Waals surface area contributed by atoms with E-state index in [-0.39, 0.29) is 12.1 Å². The first kappa shape index (κ1) is 21.0. The molecular weight excluding hydrogens is 410 g/mol. The molecule has 4 rings (SSSR count). The number of carbonyl (C=O) groups excluding carboxylic acids is 4. The highest BCUT2D eigenvalue weighted by Crippen LogP contribution is 2.27. The number of hydrogen-bond donors (Lipinski definition) is 1. The summed E-state index contributed by atoms with van der Waals surface area (Å²) in [6.45, 7) is 1.98. The molecule has 0 radical (unpaired) electrons. The second-order valence-corrected chi connectivity index (χ2v) is 7.28. The van der Waals surface area contributed by atoms with E-state index in [2.05, 4.69) is 5.32 Å². The number of rotatable bonds is 5. The fraction of sp³-hybridized carbons (Fsp3) is 0.167. The lowest BCUT2D eigenvalue weighted by molar-refractivity contribution is -0.141. The first-order chi connectivity index (χ1) is 15.4. The van der Waals surface area contributed by atoms with Crippen LogP contribution in [0.25, 0.3) is 17.0 Å². The Labute approximate surface area is 184 Å². The van der Waals surface area contributed by atoms with Crippen molar-refractivity contribution in [2.45, 2.75) is 19.9 Å². The van der Waals surface area contributed by atoms with E-state index in [1.807, 2.05) is 43.3 Å². The molecule has 0 atom stereocenters. The first-order valence-electron chi connectivity index (χ1n) is 10.1. The summed E-state index contributed by atoms with van der Waals surface area (Å²) in [4.78, 5) is 50.9. The van der Waals surface area contributed by atoms with Gasteiger partial charge in [-0.2, -0.15) is 0 Å². The summed E-state index contributed by atoms with van der Waals surface area (Å²) < 4.78 is 6.44. The normalized spacial score (nSPS) is 15.4. The van der Waals surface area contributed by atoms with E-state index in [1.54, 1.807) is 22.9 Å². The van der Waals surface area contributed by atoms with Gasteiger partial charge in [0, 0.05) is 22.7 Å². The lowest BCUT2D eigenvalue weighted by Crippen LogP contribution is -2.54. The number of urea groups is 1. The summed E-state index contributed by atoms with van der Waals surface area (Å²) in [5.41, 5.74) is 2.57. The average Bonchev–Trinajstić information content (AvgIpc) is 3.14. The van der Waals surface area contributed by atoms with Gasteiger partial charge in [-0.15, -0.1) is 0 Å². The standard InChI is InChI=1S/C24H21N3O5/c1-3-15-8-10-17(11-9-15)27-23(30)19(22(29)25-24(27)31)12-16-13-26(14-21(28)32-2)20-7-5-4-6-18(16)20/h4-13H,3,14H2,1-2H3,(H,25,29,31)/b19-12-. The van der Waals surface area contributed by atoms with Crippen LogP contribution in [0.2, 0.25) is 0 Å². The number of barbiturate groups is 1. The molecule has 0 bridgehead atoms. The van der Waals surface area contributed by atoms with Gasteiger partial charge in [0.25, 0.3) is 11.8 Å². The van der Waals surface area contributed by atoms with Crippen molar-refractivity contribution in [2.75, 3.05) is 12.0 Å². The molecule has 3 aromatic rings. The van der Waals surface area contributed by atoms with Gasteiger partial charge < -0.3 is 9.30 Å². The molecule has 1 aliphatic heterocycles. The predicted molar refractivity (Wildman–Crippen MR) is 119 cm³/mol. The topological polar surface area (TPSA) is 97.7 Å². The molecule has 8 heteroatoms. The van der Waals surface area contributed by atoms with Gasteiger partial charge >= 0.3 is 12.0 Å². The second kappa shape index (κ2) is 8.50. The zero-order chi connectivity index (χ0) is 22.8. The van der Waals surface area contributed by atoms with Crippen molar-refractivity contribution in [3.8, 4) is 0 Å². The Kier molecular flexibility index (Phi) is 5.59. The maximum Gasteiger partial charge on any atom is 0.335 e. The average molecular weight is 431 g/mol. The number of benzene rings is 2. The molecule has 32 heavy (non-hydrogen) atoms. The van der Waals surface area contributed by atoms with Crippen LogP contribution < -0.4 is 10.2 Å². The van der Waals surface area contributed by atoms with E-state index in [4.69, 9.17) is 4.74 Å². The van der Waals surface area contributed by atoms with Crippen molar-refractivity contribution in [3.05, 3.63) is 71.4 Å². The van der Waals surface area contributed by atoms with Gasteiger partial charge in [0.1, 0.15) is 12.1 Å². The first-order valence-corrected chi connectivity index (χ1v) is 10.1. The Morgan fingerprint density at radius 2 is 1.78 bits per heavy atom. The van der Waals surface area contributed by atoms with Crippen LogP contribution in [0.3, 0.4) is 0 Å². The Morgan fingerprint density at radius 3 is 2.47 bits per heavy atom. The molecule has 1 aliphatic rings. The summed E-state index contributed by atoms with van der Waals surface area (Å²) >= 11 is 0. The van der Waals surface area contributed by atoms with Crippen LogP contribution in [0, 0.1) is 0 Å². The third-order valence-electron chi connectivity index (χ3n) is 5.35. The van der Waals surface area contributed by atoms with E-state index in [0.717, 1.165) is 27.8 Å². The van der Waals surface area contributed by atoms with Crippen LogP contribution in [-0.4, -0.2) is 35.5 Å². The van der Waals surface area contributed by atoms with E-state index in [0.29, 0.717) is 11.3 Å². The highest BCUT2D eigenvalue weighted by Gasteiger charge is 2.37. The van der Waals surface area contributed by atoms with Gasteiger partial charge in [0.15, 0.2) is 0 Å². The minimum atomic E-state index is -0.797. The molecule has 1 saturated heterocycles. The summed E-state index contributed by atoms with van der Waals surface area (Å²) in [6.07, 6.45) is 3.93. The molecule has 0 spiro atoms. The predicted octanol–water partition coefficient (Wildman–Crippen LogP) is 3.04. The third-order valence-corrected chi connectivity index (χ3v) is 5.35. The molecule has 1 N–H and O–H groups in total. The highest BCUT2D eigenvalue weighted by molar-refractivity contribution is 6.39. The smallest absolute Gasteiger partial charge is 0.335 e. The van der Waals surface area contributed by atoms with Crippen LogP contribution >= 0.6 is 0 Å². The fourth-order valence-electron chi connectivity index (χ4n) is 3.65. The number of aryl methyl sites for hydroxylation is 1. The maximum absolute atomic E-state index is 13.2. The number of carbonyl (C=O) groups is 4. The molecule has 1 aromatic heterocycles. The number of hydrogen-bond acceptors (Lipinski definition) is 5. The molecule has 2 heterocycles. The number of amides is 4. The zero-order valence-electron chi connectivity index (χ0n) is 17.6. The van der Waals surface area contributed by atoms with Crippen LogP contribution in [0.15, 0.2) is 60.3 Å². The van der Waals surface area contributed by atoms with E-state index in [9.17, 15) is 19.2 Å². The van der Waals surface area contributed by atoms with Crippen LogP contribution in [0.5, 0.6) is 0 Å².